The highest BCUT2D eigenvalue weighted by Crippen LogP contribution is 2.51. The molecule has 12 aliphatic heterocycles. The summed E-state index contributed by atoms with van der Waals surface area (Å²) in [6.45, 7) is 14.8. The Kier molecular flexibility index (Phi) is 15.8. The van der Waals surface area contributed by atoms with E-state index >= 15 is 0 Å². The maximum Gasteiger partial charge on any atom is 0.270 e. The number of benzene rings is 14. The number of hydrogen-bond donors (Lipinski definition) is 0. The lowest BCUT2D eigenvalue weighted by atomic mass is 9.33. The first-order chi connectivity index (χ1) is 59.9. The van der Waals surface area contributed by atoms with Crippen molar-refractivity contribution < 1.29 is 66.3 Å². The van der Waals surface area contributed by atoms with Crippen molar-refractivity contribution in [2.24, 2.45) is 0 Å². The highest BCUT2D eigenvalue weighted by Gasteiger charge is 2.52. The molecule has 12 aliphatic rings. The van der Waals surface area contributed by atoms with Crippen LogP contribution >= 0.6 is 0 Å². The number of rotatable bonds is 8. The molecule has 0 unspecified atom stereocenters. The van der Waals surface area contributed by atoms with Crippen LogP contribution in [-0.4, -0.2) is 63.1 Å². The molecule has 0 bridgehead atoms. The van der Waals surface area contributed by atoms with Crippen molar-refractivity contribution >= 4 is 98.1 Å². The van der Waals surface area contributed by atoms with Crippen LogP contribution in [0.1, 0.15) is 59.6 Å². The van der Waals surface area contributed by atoms with Crippen LogP contribution in [0.5, 0.6) is 149 Å². The molecule has 15 aromatic rings. The lowest BCUT2D eigenvalue weighted by molar-refractivity contribution is 0.242. The Labute approximate surface area is 709 Å². The molecule has 27 rings (SSSR count). The van der Waals surface area contributed by atoms with E-state index in [0.29, 0.717) is 11.3 Å². The smallest absolute Gasteiger partial charge is 0.270 e. The Morgan fingerprint density at radius 2 is 0.569 bits per heavy atom. The molecule has 0 saturated heterocycles. The zero-order valence-corrected chi connectivity index (χ0v) is 68.1. The Morgan fingerprint density at radius 3 is 0.886 bits per heavy atom. The van der Waals surface area contributed by atoms with Crippen LogP contribution in [0.25, 0.3) is 33.4 Å². The van der Waals surface area contributed by atoms with Gasteiger partial charge in [-0.25, -0.2) is 9.97 Å². The third-order valence-corrected chi connectivity index (χ3v) is 24.4. The minimum atomic E-state index is -0.0447. The van der Waals surface area contributed by atoms with Gasteiger partial charge in [0.05, 0.1) is 17.8 Å². The number of aromatic nitrogens is 2. The molecule has 0 saturated carbocycles. The van der Waals surface area contributed by atoms with Crippen molar-refractivity contribution in [3.63, 3.8) is 0 Å². The van der Waals surface area contributed by atoms with Crippen molar-refractivity contribution in [3.05, 3.63) is 260 Å². The molecule has 0 amide bonds. The fourth-order valence-corrected chi connectivity index (χ4v) is 19.1. The first-order valence-electron chi connectivity index (χ1n) is 41.3. The molecule has 14 aromatic carbocycles. The van der Waals surface area contributed by atoms with Crippen LogP contribution in [0.15, 0.2) is 249 Å². The topological polar surface area (TPSA) is 182 Å². The lowest BCUT2D eigenvalue weighted by Gasteiger charge is -2.38. The molecule has 0 N–H and O–H groups in total. The molecule has 1 aromatic heterocycles. The van der Waals surface area contributed by atoms with Gasteiger partial charge in [0, 0.05) is 115 Å². The molecule has 13 heterocycles. The second-order valence-electron chi connectivity index (χ2n) is 34.0. The Morgan fingerprint density at radius 1 is 0.301 bits per heavy atom. The SMILES string of the molecule is CC(C)(C)c1cc2c3c(c1)Oc1cc(-c4cncnc4)cc4c1B3c1c(cccc1O2)O4.CC(C)Oc1cccc(-c2cc3c4c(c2)Oc2cc(-c5cccc(OC(C)C)c5)cc5c2B4c2c(cccc2O5)O3)c1.CN(C)c1cc2c3c(c1)Oc1cccc4c1B3c1c(cccc1O2)O4.N#Cc1ccc2c3c1Oc1cccc4c1B3c1c(cccc1O2)O4. The van der Waals surface area contributed by atoms with Crippen LogP contribution in [0.2, 0.25) is 0 Å². The molecule has 0 fully saturated rings. The van der Waals surface area contributed by atoms with E-state index in [9.17, 15) is 5.26 Å². The average molecular weight is 1610 g/mol. The number of nitrogens with zero attached hydrogens (tertiary/aromatic N) is 4. The van der Waals surface area contributed by atoms with Gasteiger partial charge in [-0.1, -0.05) is 81.4 Å². The highest BCUT2D eigenvalue weighted by molar-refractivity contribution is 7.02. The minimum absolute atomic E-state index is 0.0162. The van der Waals surface area contributed by atoms with Gasteiger partial charge in [-0.15, -0.1) is 0 Å². The molecule has 0 aliphatic carbocycles. The summed E-state index contributed by atoms with van der Waals surface area (Å²) >= 11 is 0. The average Bonchev–Trinajstić information content (AvgIpc) is 0.714. The molecular formula is C101H70B4N4O14. The predicted octanol–water partition coefficient (Wildman–Crippen LogP) is 16.7. The van der Waals surface area contributed by atoms with E-state index in [-0.39, 0.29) is 44.5 Å². The van der Waals surface area contributed by atoms with Gasteiger partial charge in [0.2, 0.25) is 0 Å². The Hall–Kier alpha value is -15.1. The van der Waals surface area contributed by atoms with E-state index in [4.69, 9.17) is 66.3 Å². The first kappa shape index (κ1) is 72.0. The largest absolute Gasteiger partial charge is 0.491 e. The second kappa shape index (κ2) is 27.0. The lowest BCUT2D eigenvalue weighted by Crippen LogP contribution is -2.59. The summed E-state index contributed by atoms with van der Waals surface area (Å²) < 4.78 is 88.0. The summed E-state index contributed by atoms with van der Waals surface area (Å²) in [7, 11) is 4.04. The first-order valence-corrected chi connectivity index (χ1v) is 41.3. The summed E-state index contributed by atoms with van der Waals surface area (Å²) in [4.78, 5) is 10.4. The molecule has 18 nitrogen and oxygen atoms in total. The van der Waals surface area contributed by atoms with Crippen molar-refractivity contribution in [1.29, 1.82) is 5.26 Å². The number of ether oxygens (including phenoxy) is 14. The van der Waals surface area contributed by atoms with Crippen LogP contribution in [-0.2, 0) is 5.41 Å². The number of nitriles is 1. The summed E-state index contributed by atoms with van der Waals surface area (Å²) in [6.07, 6.45) is 5.32. The molecule has 0 radical (unpaired) electrons. The van der Waals surface area contributed by atoms with E-state index in [1.807, 2.05) is 181 Å². The molecule has 123 heavy (non-hydrogen) atoms. The van der Waals surface area contributed by atoms with E-state index in [0.717, 1.165) is 248 Å². The van der Waals surface area contributed by atoms with Gasteiger partial charge >= 0.3 is 0 Å². The van der Waals surface area contributed by atoms with Crippen LogP contribution in [0.4, 0.5) is 5.69 Å². The predicted molar refractivity (Wildman–Crippen MR) is 478 cm³/mol. The standard InChI is InChI=1S/C36H29BO5.C26H19BN2O3.C20H14BNO3.C19H8BNO3/c1-20(2)38-26-10-5-8-22(14-26)24-16-30-35-32(18-24)42-33-19-25(23-9-6-11-27(15-23)39-21(3)4)17-31-36(33)37(35)34-28(40-30)12-7-13-29(34)41-31;1-26(2,3)16-9-21-25-22(10-16)32-20-8-14(15-11-28-13-29-12-15)7-19-24(20)27(25)23-17(30-19)5-4-6-18(23)31-21;1-22(2)11-9-16-20-17(10-11)25-15-8-4-6-13-19(15)21(20)18-12(23-13)5-3-7-14(18)24-16;21-9-10-7-8-15-18-19(10)24-14-6-2-5-13-17(14)20(18)16-11(22-13)3-1-4-12(16)23-15/h5-21H,1-4H3;4-13H,1-3H3;3-10H,1-2H3;1-8H. The molecule has 0 atom stereocenters. The van der Waals surface area contributed by atoms with Gasteiger partial charge in [0.25, 0.3) is 26.9 Å². The summed E-state index contributed by atoms with van der Waals surface area (Å²) in [5, 5.41) is 9.48. The summed E-state index contributed by atoms with van der Waals surface area (Å²) in [6, 6.07) is 78.8. The third kappa shape index (κ3) is 11.4. The van der Waals surface area contributed by atoms with E-state index in [2.05, 4.69) is 127 Å². The normalized spacial score (nSPS) is 13.8. The molecular weight excluding hydrogens is 1540 g/mol. The number of anilines is 1. The zero-order valence-electron chi connectivity index (χ0n) is 68.1. The van der Waals surface area contributed by atoms with Gasteiger partial charge in [0.15, 0.2) is 0 Å². The Balaban J connectivity index is 0.0000000947. The van der Waals surface area contributed by atoms with E-state index in [1.165, 1.54) is 11.9 Å². The van der Waals surface area contributed by atoms with Crippen molar-refractivity contribution in [2.75, 3.05) is 19.0 Å². The van der Waals surface area contributed by atoms with Gasteiger partial charge in [-0.2, -0.15) is 5.26 Å². The highest BCUT2D eigenvalue weighted by atomic mass is 16.5. The van der Waals surface area contributed by atoms with Gasteiger partial charge in [-0.05, 0) is 224 Å². The fraction of sp³-hybridized carbons (Fsp3) is 0.119. The monoisotopic (exact) mass is 1610 g/mol. The van der Waals surface area contributed by atoms with Crippen LogP contribution in [0, 0.1) is 11.3 Å². The quantitative estimate of drug-likeness (QED) is 0.131. The van der Waals surface area contributed by atoms with Gasteiger partial charge in [-0.3, -0.25) is 0 Å². The van der Waals surface area contributed by atoms with Crippen LogP contribution in [0.3, 0.4) is 0 Å². The van der Waals surface area contributed by atoms with Gasteiger partial charge < -0.3 is 71.2 Å². The summed E-state index contributed by atoms with van der Waals surface area (Å²) in [5.74, 6) is 21.1. The van der Waals surface area contributed by atoms with Gasteiger partial charge in [0.1, 0.15) is 162 Å². The summed E-state index contributed by atoms with van der Waals surface area (Å²) in [5.41, 5.74) is 21.2. The van der Waals surface area contributed by atoms with Crippen molar-refractivity contribution in [3.8, 4) is 189 Å². The van der Waals surface area contributed by atoms with E-state index in [1.54, 1.807) is 18.5 Å². The Bertz CT molecular complexity index is 6960. The third-order valence-electron chi connectivity index (χ3n) is 24.4. The molecule has 0 spiro atoms. The molecule has 22 heteroatoms. The van der Waals surface area contributed by atoms with E-state index < -0.39 is 0 Å². The molecule has 590 valence electrons. The van der Waals surface area contributed by atoms with Crippen molar-refractivity contribution in [1.82, 2.24) is 9.97 Å². The van der Waals surface area contributed by atoms with Crippen molar-refractivity contribution in [2.45, 2.75) is 66.1 Å². The second-order valence-corrected chi connectivity index (χ2v) is 34.0. The number of hydrogen-bond acceptors (Lipinski definition) is 18. The maximum atomic E-state index is 9.48. The maximum absolute atomic E-state index is 9.48. The fourth-order valence-electron chi connectivity index (χ4n) is 19.1. The minimum Gasteiger partial charge on any atom is -0.491 e. The zero-order chi connectivity index (χ0) is 82.7. The van der Waals surface area contributed by atoms with Crippen LogP contribution < -0.4 is 137 Å².